The van der Waals surface area contributed by atoms with Gasteiger partial charge < -0.3 is 14.5 Å². The molecule has 1 atom stereocenters. The smallest absolute Gasteiger partial charge is 0.257 e. The van der Waals surface area contributed by atoms with Crippen LogP contribution in [0.25, 0.3) is 22.6 Å². The number of carbonyl (C=O) groups is 1. The molecule has 1 aromatic heterocycles. The maximum absolute atomic E-state index is 12.5. The molecule has 4 aromatic rings. The van der Waals surface area contributed by atoms with E-state index in [-0.39, 0.29) is 11.0 Å². The van der Waals surface area contributed by atoms with Gasteiger partial charge in [0.05, 0.1) is 6.61 Å². The summed E-state index contributed by atoms with van der Waals surface area (Å²) in [6.45, 7) is 6.81. The van der Waals surface area contributed by atoms with Gasteiger partial charge in [0.25, 0.3) is 5.91 Å². The second kappa shape index (κ2) is 10.5. The standard InChI is InChI=1S/C27H27N3O3S/c1-4-17(3)19-11-14-24-23(16-19)29-26(33-24)18-9-12-21(13-10-18)28-27(34)30-25(31)20-7-6-8-22(15-20)32-5-2/h6-17H,4-5H2,1-3H3,(H2,28,30,31,34). The van der Waals surface area contributed by atoms with Crippen molar-refractivity contribution < 1.29 is 13.9 Å². The molecule has 0 bridgehead atoms. The Labute approximate surface area is 204 Å². The number of ether oxygens (including phenoxy) is 1. The Balaban J connectivity index is 1.41. The molecule has 0 saturated heterocycles. The Hall–Kier alpha value is -3.71. The highest BCUT2D eigenvalue weighted by Crippen LogP contribution is 2.28. The lowest BCUT2D eigenvalue weighted by atomic mass is 9.98. The zero-order chi connectivity index (χ0) is 24.1. The van der Waals surface area contributed by atoms with Crippen molar-refractivity contribution in [2.45, 2.75) is 33.1 Å². The summed E-state index contributed by atoms with van der Waals surface area (Å²) < 4.78 is 11.4. The number of hydrogen-bond donors (Lipinski definition) is 2. The van der Waals surface area contributed by atoms with Gasteiger partial charge in [0.15, 0.2) is 10.7 Å². The van der Waals surface area contributed by atoms with Crippen LogP contribution in [0, 0.1) is 0 Å². The number of oxazole rings is 1. The van der Waals surface area contributed by atoms with E-state index in [1.54, 1.807) is 24.3 Å². The molecule has 1 heterocycles. The third kappa shape index (κ3) is 5.43. The summed E-state index contributed by atoms with van der Waals surface area (Å²) in [4.78, 5) is 17.2. The van der Waals surface area contributed by atoms with E-state index in [0.29, 0.717) is 29.7 Å². The quantitative estimate of drug-likeness (QED) is 0.297. The zero-order valence-electron chi connectivity index (χ0n) is 19.4. The van der Waals surface area contributed by atoms with Crippen LogP contribution in [0.2, 0.25) is 0 Å². The van der Waals surface area contributed by atoms with Crippen LogP contribution in [0.3, 0.4) is 0 Å². The number of anilines is 1. The van der Waals surface area contributed by atoms with Crippen molar-refractivity contribution in [3.63, 3.8) is 0 Å². The third-order valence-corrected chi connectivity index (χ3v) is 5.82. The number of nitrogens with zero attached hydrogens (tertiary/aromatic N) is 1. The minimum atomic E-state index is -0.307. The first-order valence-electron chi connectivity index (χ1n) is 11.3. The van der Waals surface area contributed by atoms with Crippen molar-refractivity contribution in [2.24, 2.45) is 0 Å². The summed E-state index contributed by atoms with van der Waals surface area (Å²) in [5.41, 5.74) is 4.95. The number of nitrogens with one attached hydrogen (secondary N) is 2. The molecule has 0 aliphatic heterocycles. The van der Waals surface area contributed by atoms with Gasteiger partial charge in [-0.05, 0) is 91.6 Å². The highest BCUT2D eigenvalue weighted by Gasteiger charge is 2.12. The largest absolute Gasteiger partial charge is 0.494 e. The van der Waals surface area contributed by atoms with Gasteiger partial charge in [-0.3, -0.25) is 10.1 Å². The summed E-state index contributed by atoms with van der Waals surface area (Å²) >= 11 is 5.30. The normalized spacial score (nSPS) is 11.7. The van der Waals surface area contributed by atoms with E-state index in [4.69, 9.17) is 21.4 Å². The topological polar surface area (TPSA) is 76.4 Å². The number of thiocarbonyl (C=S) groups is 1. The SMILES string of the molecule is CCOc1cccc(C(=O)NC(=S)Nc2ccc(-c3nc4cc(C(C)CC)ccc4o3)cc2)c1. The fourth-order valence-corrected chi connectivity index (χ4v) is 3.75. The Morgan fingerprint density at radius 1 is 1.09 bits per heavy atom. The second-order valence-corrected chi connectivity index (χ2v) is 8.41. The molecule has 0 saturated carbocycles. The zero-order valence-corrected chi connectivity index (χ0v) is 20.2. The number of benzene rings is 3. The minimum absolute atomic E-state index is 0.207. The average Bonchev–Trinajstić information content (AvgIpc) is 3.27. The molecule has 0 aliphatic carbocycles. The lowest BCUT2D eigenvalue weighted by molar-refractivity contribution is 0.0977. The highest BCUT2D eigenvalue weighted by atomic mass is 32.1. The molecule has 0 radical (unpaired) electrons. The van der Waals surface area contributed by atoms with Crippen molar-refractivity contribution in [1.29, 1.82) is 0 Å². The number of amides is 1. The fraction of sp³-hybridized carbons (Fsp3) is 0.222. The minimum Gasteiger partial charge on any atom is -0.494 e. The van der Waals surface area contributed by atoms with Crippen LogP contribution in [0.5, 0.6) is 5.75 Å². The Morgan fingerprint density at radius 2 is 1.88 bits per heavy atom. The summed E-state index contributed by atoms with van der Waals surface area (Å²) in [6, 6.07) is 20.7. The van der Waals surface area contributed by atoms with E-state index < -0.39 is 0 Å². The molecule has 34 heavy (non-hydrogen) atoms. The molecule has 2 N–H and O–H groups in total. The summed E-state index contributed by atoms with van der Waals surface area (Å²) in [7, 11) is 0. The summed E-state index contributed by atoms with van der Waals surface area (Å²) in [5.74, 6) is 1.37. The Morgan fingerprint density at radius 3 is 2.62 bits per heavy atom. The van der Waals surface area contributed by atoms with E-state index >= 15 is 0 Å². The molecular weight excluding hydrogens is 446 g/mol. The van der Waals surface area contributed by atoms with Crippen LogP contribution < -0.4 is 15.4 Å². The number of carbonyl (C=O) groups excluding carboxylic acids is 1. The first kappa shape index (κ1) is 23.4. The van der Waals surface area contributed by atoms with E-state index in [0.717, 1.165) is 28.8 Å². The van der Waals surface area contributed by atoms with Gasteiger partial charge >= 0.3 is 0 Å². The first-order chi connectivity index (χ1) is 16.5. The number of aromatic nitrogens is 1. The second-order valence-electron chi connectivity index (χ2n) is 8.00. The van der Waals surface area contributed by atoms with Crippen LogP contribution in [0.1, 0.15) is 49.0 Å². The lowest BCUT2D eigenvalue weighted by Gasteiger charge is -2.10. The molecule has 7 heteroatoms. The summed E-state index contributed by atoms with van der Waals surface area (Å²) in [5, 5.41) is 5.93. The number of fused-ring (bicyclic) bond motifs is 1. The van der Waals surface area contributed by atoms with Crippen LogP contribution in [-0.2, 0) is 0 Å². The molecule has 3 aromatic carbocycles. The van der Waals surface area contributed by atoms with Gasteiger partial charge in [-0.25, -0.2) is 4.98 Å². The van der Waals surface area contributed by atoms with Gasteiger partial charge in [0.1, 0.15) is 11.3 Å². The van der Waals surface area contributed by atoms with E-state index in [9.17, 15) is 4.79 Å². The van der Waals surface area contributed by atoms with Gasteiger partial charge in [-0.15, -0.1) is 0 Å². The molecule has 4 rings (SSSR count). The van der Waals surface area contributed by atoms with Gasteiger partial charge in [0, 0.05) is 16.8 Å². The molecule has 0 fully saturated rings. The molecule has 1 unspecified atom stereocenters. The number of hydrogen-bond acceptors (Lipinski definition) is 5. The van der Waals surface area contributed by atoms with Crippen molar-refractivity contribution in [3.05, 3.63) is 77.9 Å². The van der Waals surface area contributed by atoms with Crippen LogP contribution in [0.4, 0.5) is 5.69 Å². The highest BCUT2D eigenvalue weighted by molar-refractivity contribution is 7.80. The average molecular weight is 474 g/mol. The van der Waals surface area contributed by atoms with Crippen molar-refractivity contribution in [3.8, 4) is 17.2 Å². The van der Waals surface area contributed by atoms with Crippen LogP contribution in [0.15, 0.2) is 71.1 Å². The lowest BCUT2D eigenvalue weighted by Crippen LogP contribution is -2.34. The van der Waals surface area contributed by atoms with Crippen molar-refractivity contribution in [2.75, 3.05) is 11.9 Å². The maximum Gasteiger partial charge on any atom is 0.257 e. The van der Waals surface area contributed by atoms with E-state index in [1.165, 1.54) is 5.56 Å². The summed E-state index contributed by atoms with van der Waals surface area (Å²) in [6.07, 6.45) is 1.08. The predicted octanol–water partition coefficient (Wildman–Crippen LogP) is 6.53. The van der Waals surface area contributed by atoms with E-state index in [1.807, 2.05) is 37.3 Å². The van der Waals surface area contributed by atoms with Crippen molar-refractivity contribution in [1.82, 2.24) is 10.3 Å². The molecule has 174 valence electrons. The Bertz CT molecular complexity index is 1310. The molecular formula is C27H27N3O3S. The van der Waals surface area contributed by atoms with Crippen LogP contribution >= 0.6 is 12.2 Å². The maximum atomic E-state index is 12.5. The number of rotatable bonds is 7. The van der Waals surface area contributed by atoms with Gasteiger partial charge in [-0.1, -0.05) is 26.0 Å². The van der Waals surface area contributed by atoms with Crippen molar-refractivity contribution >= 4 is 40.0 Å². The molecule has 0 spiro atoms. The fourth-order valence-electron chi connectivity index (χ4n) is 3.54. The molecule has 1 amide bonds. The van der Waals surface area contributed by atoms with Crippen LogP contribution in [-0.4, -0.2) is 22.6 Å². The third-order valence-electron chi connectivity index (χ3n) is 5.62. The molecule has 0 aliphatic rings. The monoisotopic (exact) mass is 473 g/mol. The van der Waals surface area contributed by atoms with E-state index in [2.05, 4.69) is 41.6 Å². The molecule has 6 nitrogen and oxygen atoms in total. The first-order valence-corrected chi connectivity index (χ1v) is 11.7. The Kier molecular flexibility index (Phi) is 7.23. The predicted molar refractivity (Wildman–Crippen MR) is 139 cm³/mol. The van der Waals surface area contributed by atoms with Gasteiger partial charge in [-0.2, -0.15) is 0 Å². The van der Waals surface area contributed by atoms with Gasteiger partial charge in [0.2, 0.25) is 5.89 Å².